The molecule has 120 valence electrons. The lowest BCUT2D eigenvalue weighted by Crippen LogP contribution is -2.39. The van der Waals surface area contributed by atoms with Crippen LogP contribution in [0.2, 0.25) is 0 Å². The predicted molar refractivity (Wildman–Crippen MR) is 95.5 cm³/mol. The van der Waals surface area contributed by atoms with Gasteiger partial charge in [0, 0.05) is 35.4 Å². The first-order valence-corrected chi connectivity index (χ1v) is 8.96. The summed E-state index contributed by atoms with van der Waals surface area (Å²) in [6, 6.07) is 12.7. The molecule has 2 heterocycles. The van der Waals surface area contributed by atoms with Gasteiger partial charge in [0.2, 0.25) is 0 Å². The number of hydrogen-bond acceptors (Lipinski definition) is 2. The topological polar surface area (TPSA) is 33.2 Å². The molecule has 0 unspecified atom stereocenters. The van der Waals surface area contributed by atoms with Crippen LogP contribution in [0.15, 0.2) is 53.3 Å². The number of hydrogen-bond donors (Lipinski definition) is 0. The number of benzene rings is 1. The van der Waals surface area contributed by atoms with Crippen LogP contribution < -0.4 is 0 Å². The van der Waals surface area contributed by atoms with Crippen molar-refractivity contribution < 1.29 is 4.79 Å². The lowest BCUT2D eigenvalue weighted by Gasteiger charge is -2.31. The van der Waals surface area contributed by atoms with Gasteiger partial charge in [-0.05, 0) is 46.8 Å². The number of rotatable bonds is 4. The molecule has 0 radical (unpaired) electrons. The minimum atomic E-state index is 0.0932. The molecule has 0 N–H and O–H groups in total. The molecule has 1 aromatic heterocycles. The Morgan fingerprint density at radius 3 is 2.83 bits per heavy atom. The average Bonchev–Trinajstić information content (AvgIpc) is 3.05. The maximum Gasteiger partial charge on any atom is 0.255 e. The Bertz CT molecular complexity index is 674. The second kappa shape index (κ2) is 7.26. The summed E-state index contributed by atoms with van der Waals surface area (Å²) in [6.45, 7) is 3.04. The summed E-state index contributed by atoms with van der Waals surface area (Å²) >= 11 is 3.40. The molecule has 23 heavy (non-hydrogen) atoms. The maximum absolute atomic E-state index is 12.9. The lowest BCUT2D eigenvalue weighted by atomic mass is 9.87. The molecule has 0 bridgehead atoms. The molecule has 1 fully saturated rings. The molecule has 1 aliphatic heterocycles. The monoisotopic (exact) mass is 372 g/mol. The molecular weight excluding hydrogens is 352 g/mol. The lowest BCUT2D eigenvalue weighted by molar-refractivity contribution is 0.0714. The van der Waals surface area contributed by atoms with E-state index in [0.717, 1.165) is 30.3 Å². The van der Waals surface area contributed by atoms with E-state index in [2.05, 4.69) is 52.1 Å². The van der Waals surface area contributed by atoms with E-state index in [4.69, 9.17) is 0 Å². The van der Waals surface area contributed by atoms with Crippen LogP contribution in [0.3, 0.4) is 0 Å². The first-order chi connectivity index (χ1) is 11.2. The molecule has 0 saturated carbocycles. The third-order valence-corrected chi connectivity index (χ3v) is 5.08. The van der Waals surface area contributed by atoms with E-state index in [9.17, 15) is 4.79 Å². The van der Waals surface area contributed by atoms with Gasteiger partial charge in [0.05, 0.1) is 5.56 Å². The molecule has 1 aliphatic rings. The van der Waals surface area contributed by atoms with Gasteiger partial charge in [0.1, 0.15) is 0 Å². The number of halogens is 1. The normalized spacial score (nSPS) is 18.9. The summed E-state index contributed by atoms with van der Waals surface area (Å²) in [6.07, 6.45) is 6.54. The summed E-state index contributed by atoms with van der Waals surface area (Å²) in [7, 11) is 0. The van der Waals surface area contributed by atoms with Crippen LogP contribution in [0.25, 0.3) is 0 Å². The molecule has 0 aliphatic carbocycles. The van der Waals surface area contributed by atoms with Crippen molar-refractivity contribution in [2.75, 3.05) is 6.54 Å². The number of amides is 1. The fourth-order valence-corrected chi connectivity index (χ4v) is 3.95. The third kappa shape index (κ3) is 3.47. The second-order valence-electron chi connectivity index (χ2n) is 6.03. The molecule has 0 spiro atoms. The van der Waals surface area contributed by atoms with Crippen molar-refractivity contribution in [3.05, 3.63) is 64.4 Å². The molecule has 4 heteroatoms. The quantitative estimate of drug-likeness (QED) is 0.782. The van der Waals surface area contributed by atoms with Crippen LogP contribution in [0.4, 0.5) is 0 Å². The molecule has 3 nitrogen and oxygen atoms in total. The van der Waals surface area contributed by atoms with Crippen molar-refractivity contribution in [3.8, 4) is 0 Å². The number of carbonyl (C=O) groups is 1. The average molecular weight is 373 g/mol. The highest BCUT2D eigenvalue weighted by Crippen LogP contribution is 2.34. The first kappa shape index (κ1) is 16.2. The largest absolute Gasteiger partial charge is 0.335 e. The molecule has 3 rings (SSSR count). The summed E-state index contributed by atoms with van der Waals surface area (Å²) in [5.74, 6) is 0.485. The highest BCUT2D eigenvalue weighted by molar-refractivity contribution is 9.10. The van der Waals surface area contributed by atoms with Gasteiger partial charge < -0.3 is 4.90 Å². The molecule has 2 aromatic rings. The summed E-state index contributed by atoms with van der Waals surface area (Å²) in [5.41, 5.74) is 1.99. The predicted octanol–water partition coefficient (Wildman–Crippen LogP) is 4.64. The molecule has 1 amide bonds. The van der Waals surface area contributed by atoms with Crippen LogP contribution in [-0.4, -0.2) is 28.4 Å². The van der Waals surface area contributed by atoms with Gasteiger partial charge in [-0.2, -0.15) is 0 Å². The van der Waals surface area contributed by atoms with Gasteiger partial charge in [-0.15, -0.1) is 0 Å². The van der Waals surface area contributed by atoms with E-state index in [1.807, 2.05) is 17.0 Å². The van der Waals surface area contributed by atoms with Crippen LogP contribution in [0.1, 0.15) is 48.0 Å². The zero-order valence-electron chi connectivity index (χ0n) is 13.3. The summed E-state index contributed by atoms with van der Waals surface area (Å²) in [4.78, 5) is 19.1. The minimum Gasteiger partial charge on any atom is -0.335 e. The van der Waals surface area contributed by atoms with Crippen molar-refractivity contribution in [2.24, 2.45) is 0 Å². The zero-order chi connectivity index (χ0) is 16.2. The minimum absolute atomic E-state index is 0.0932. The number of likely N-dealkylation sites (tertiary alicyclic amines) is 1. The van der Waals surface area contributed by atoms with E-state index >= 15 is 0 Å². The van der Waals surface area contributed by atoms with Crippen LogP contribution in [0.5, 0.6) is 0 Å². The zero-order valence-corrected chi connectivity index (χ0v) is 14.9. The maximum atomic E-state index is 12.9. The second-order valence-corrected chi connectivity index (χ2v) is 6.94. The molecule has 1 saturated heterocycles. The van der Waals surface area contributed by atoms with Crippen molar-refractivity contribution in [1.29, 1.82) is 0 Å². The highest BCUT2D eigenvalue weighted by atomic mass is 79.9. The van der Waals surface area contributed by atoms with E-state index in [1.54, 1.807) is 12.4 Å². The van der Waals surface area contributed by atoms with Crippen molar-refractivity contribution in [1.82, 2.24) is 9.88 Å². The Morgan fingerprint density at radius 2 is 2.13 bits per heavy atom. The fraction of sp³-hybridized carbons (Fsp3) is 0.368. The van der Waals surface area contributed by atoms with Gasteiger partial charge in [0.15, 0.2) is 0 Å². The van der Waals surface area contributed by atoms with Gasteiger partial charge in [-0.3, -0.25) is 9.78 Å². The molecule has 2 atom stereocenters. The molecule has 1 aromatic carbocycles. The van der Waals surface area contributed by atoms with E-state index in [-0.39, 0.29) is 11.9 Å². The Morgan fingerprint density at radius 1 is 1.35 bits per heavy atom. The summed E-state index contributed by atoms with van der Waals surface area (Å²) in [5, 5.41) is 0. The van der Waals surface area contributed by atoms with Gasteiger partial charge in [0.25, 0.3) is 5.91 Å². The number of carbonyl (C=O) groups excluding carboxylic acids is 1. The van der Waals surface area contributed by atoms with E-state index in [1.165, 1.54) is 5.56 Å². The van der Waals surface area contributed by atoms with Crippen molar-refractivity contribution in [2.45, 2.75) is 38.1 Å². The third-order valence-electron chi connectivity index (χ3n) is 4.64. The smallest absolute Gasteiger partial charge is 0.255 e. The van der Waals surface area contributed by atoms with E-state index < -0.39 is 0 Å². The van der Waals surface area contributed by atoms with Crippen molar-refractivity contribution in [3.63, 3.8) is 0 Å². The van der Waals surface area contributed by atoms with Crippen LogP contribution in [-0.2, 0) is 0 Å². The highest BCUT2D eigenvalue weighted by Gasteiger charge is 2.35. The number of nitrogens with zero attached hydrogens (tertiary/aromatic N) is 2. The van der Waals surface area contributed by atoms with Crippen molar-refractivity contribution >= 4 is 21.8 Å². The molecular formula is C19H21BrN2O. The standard InChI is InChI=1S/C19H21BrN2O/c1-2-17(14-7-4-3-5-8-14)18-9-6-10-22(18)19(23)15-11-16(20)13-21-12-15/h3-5,7-8,11-13,17-18H,2,6,9-10H2,1H3/t17-,18+/m0/s1. The fourth-order valence-electron chi connectivity index (χ4n) is 3.59. The number of aromatic nitrogens is 1. The Kier molecular flexibility index (Phi) is 5.11. The Hall–Kier alpha value is -1.68. The summed E-state index contributed by atoms with van der Waals surface area (Å²) < 4.78 is 0.842. The van der Waals surface area contributed by atoms with Gasteiger partial charge in [-0.1, -0.05) is 37.3 Å². The van der Waals surface area contributed by atoms with E-state index in [0.29, 0.717) is 11.5 Å². The van der Waals surface area contributed by atoms with Crippen LogP contribution in [0, 0.1) is 0 Å². The van der Waals surface area contributed by atoms with Gasteiger partial charge in [-0.25, -0.2) is 0 Å². The van der Waals surface area contributed by atoms with Gasteiger partial charge >= 0.3 is 0 Å². The SMILES string of the molecule is CC[C@@H](c1ccccc1)[C@H]1CCCN1C(=O)c1cncc(Br)c1. The Labute approximate surface area is 145 Å². The Balaban J connectivity index is 1.86. The first-order valence-electron chi connectivity index (χ1n) is 8.17. The number of pyridine rings is 1. The van der Waals surface area contributed by atoms with Crippen LogP contribution >= 0.6 is 15.9 Å².